The van der Waals surface area contributed by atoms with Crippen LogP contribution in [0.2, 0.25) is 0 Å². The van der Waals surface area contributed by atoms with E-state index in [9.17, 15) is 14.4 Å². The molecule has 0 bridgehead atoms. The van der Waals surface area contributed by atoms with Crippen LogP contribution < -0.4 is 0 Å². The third-order valence-electron chi connectivity index (χ3n) is 9.08. The summed E-state index contributed by atoms with van der Waals surface area (Å²) < 4.78 is 16.6. The van der Waals surface area contributed by atoms with Gasteiger partial charge < -0.3 is 14.2 Å². The van der Waals surface area contributed by atoms with Crippen molar-refractivity contribution < 1.29 is 28.6 Å². The van der Waals surface area contributed by atoms with Gasteiger partial charge in [-0.3, -0.25) is 14.4 Å². The van der Waals surface area contributed by atoms with Crippen LogP contribution in [0.1, 0.15) is 208 Å². The number of unbranched alkanes of at least 4 members (excludes halogenated alkanes) is 18. The standard InChI is InChI=1S/C40H76O6/c1-6-8-9-10-13-22-27-32-40(43)46-37(34-45-39(42)31-26-21-17-16-19-24-29-36(5)7-2)33-44-38(41)30-25-20-15-12-11-14-18-23-28-35(3)4/h35-37H,6-34H2,1-5H3/t36?,37-/m0/s1. The average molecular weight is 653 g/mol. The summed E-state index contributed by atoms with van der Waals surface area (Å²) in [6.07, 6.45) is 28.2. The zero-order chi connectivity index (χ0) is 34.1. The van der Waals surface area contributed by atoms with Gasteiger partial charge in [-0.1, -0.05) is 169 Å². The Kier molecular flexibility index (Phi) is 32.2. The molecular weight excluding hydrogens is 576 g/mol. The highest BCUT2D eigenvalue weighted by Crippen LogP contribution is 2.16. The molecule has 0 fully saturated rings. The minimum absolute atomic E-state index is 0.0676. The molecule has 6 heteroatoms. The number of esters is 3. The molecule has 0 aliphatic carbocycles. The maximum absolute atomic E-state index is 12.5. The zero-order valence-corrected chi connectivity index (χ0v) is 31.2. The van der Waals surface area contributed by atoms with Crippen molar-refractivity contribution in [3.8, 4) is 0 Å². The van der Waals surface area contributed by atoms with Crippen LogP contribution >= 0.6 is 0 Å². The molecule has 0 aliphatic heterocycles. The van der Waals surface area contributed by atoms with Crippen LogP contribution in [0, 0.1) is 11.8 Å². The van der Waals surface area contributed by atoms with E-state index in [0.29, 0.717) is 19.3 Å². The summed E-state index contributed by atoms with van der Waals surface area (Å²) in [7, 11) is 0. The van der Waals surface area contributed by atoms with Crippen LogP contribution in [0.3, 0.4) is 0 Å². The summed E-state index contributed by atoms with van der Waals surface area (Å²) in [6.45, 7) is 11.2. The Morgan fingerprint density at radius 3 is 1.24 bits per heavy atom. The highest BCUT2D eigenvalue weighted by Gasteiger charge is 2.19. The van der Waals surface area contributed by atoms with Crippen molar-refractivity contribution in [2.75, 3.05) is 13.2 Å². The van der Waals surface area contributed by atoms with Crippen LogP contribution in [0.25, 0.3) is 0 Å². The fourth-order valence-corrected chi connectivity index (χ4v) is 5.66. The lowest BCUT2D eigenvalue weighted by Gasteiger charge is -2.18. The Balaban J connectivity index is 4.33. The van der Waals surface area contributed by atoms with E-state index >= 15 is 0 Å². The van der Waals surface area contributed by atoms with E-state index in [1.54, 1.807) is 0 Å². The molecule has 0 aromatic rings. The number of ether oxygens (including phenoxy) is 3. The quantitative estimate of drug-likeness (QED) is 0.0391. The van der Waals surface area contributed by atoms with E-state index in [1.165, 1.54) is 96.3 Å². The second kappa shape index (κ2) is 33.3. The molecule has 0 rings (SSSR count). The van der Waals surface area contributed by atoms with Gasteiger partial charge in [-0.15, -0.1) is 0 Å². The lowest BCUT2D eigenvalue weighted by Crippen LogP contribution is -2.30. The van der Waals surface area contributed by atoms with Crippen LogP contribution in [0.5, 0.6) is 0 Å². The molecule has 0 aromatic carbocycles. The molecule has 0 spiro atoms. The fourth-order valence-electron chi connectivity index (χ4n) is 5.66. The largest absolute Gasteiger partial charge is 0.462 e. The molecule has 0 aromatic heterocycles. The molecule has 6 nitrogen and oxygen atoms in total. The van der Waals surface area contributed by atoms with Crippen LogP contribution in [-0.2, 0) is 28.6 Å². The van der Waals surface area contributed by atoms with Gasteiger partial charge in [0.25, 0.3) is 0 Å². The highest BCUT2D eigenvalue weighted by atomic mass is 16.6. The first-order valence-corrected chi connectivity index (χ1v) is 19.8. The Labute approximate surface area is 285 Å². The monoisotopic (exact) mass is 653 g/mol. The van der Waals surface area contributed by atoms with E-state index in [1.807, 2.05) is 0 Å². The Morgan fingerprint density at radius 1 is 0.457 bits per heavy atom. The van der Waals surface area contributed by atoms with Crippen molar-refractivity contribution in [1.82, 2.24) is 0 Å². The molecule has 272 valence electrons. The summed E-state index contributed by atoms with van der Waals surface area (Å²) >= 11 is 0. The molecule has 46 heavy (non-hydrogen) atoms. The molecule has 0 N–H and O–H groups in total. The van der Waals surface area contributed by atoms with E-state index < -0.39 is 6.10 Å². The molecular formula is C40H76O6. The van der Waals surface area contributed by atoms with Gasteiger partial charge in [0.1, 0.15) is 13.2 Å². The van der Waals surface area contributed by atoms with Crippen molar-refractivity contribution in [3.63, 3.8) is 0 Å². The Morgan fingerprint density at radius 2 is 0.826 bits per heavy atom. The molecule has 0 saturated heterocycles. The van der Waals surface area contributed by atoms with Gasteiger partial charge in [0.2, 0.25) is 0 Å². The average Bonchev–Trinajstić information content (AvgIpc) is 3.03. The van der Waals surface area contributed by atoms with E-state index in [-0.39, 0.29) is 31.1 Å². The highest BCUT2D eigenvalue weighted by molar-refractivity contribution is 5.71. The molecule has 0 radical (unpaired) electrons. The van der Waals surface area contributed by atoms with Crippen LogP contribution in [0.4, 0.5) is 0 Å². The number of carbonyl (C=O) groups is 3. The lowest BCUT2D eigenvalue weighted by molar-refractivity contribution is -0.167. The summed E-state index contributed by atoms with van der Waals surface area (Å²) in [5.41, 5.74) is 0. The van der Waals surface area contributed by atoms with Crippen molar-refractivity contribution >= 4 is 17.9 Å². The number of carbonyl (C=O) groups excluding carboxylic acids is 3. The number of rotatable bonds is 34. The van der Waals surface area contributed by atoms with Crippen molar-refractivity contribution in [2.45, 2.75) is 214 Å². The van der Waals surface area contributed by atoms with Gasteiger partial charge in [-0.05, 0) is 31.1 Å². The second-order valence-corrected chi connectivity index (χ2v) is 14.3. The first kappa shape index (κ1) is 44.4. The van der Waals surface area contributed by atoms with Crippen molar-refractivity contribution in [3.05, 3.63) is 0 Å². The van der Waals surface area contributed by atoms with Gasteiger partial charge >= 0.3 is 17.9 Å². The molecule has 0 aliphatic rings. The first-order chi connectivity index (χ1) is 22.3. The first-order valence-electron chi connectivity index (χ1n) is 19.8. The lowest BCUT2D eigenvalue weighted by atomic mass is 10.00. The van der Waals surface area contributed by atoms with Crippen molar-refractivity contribution in [1.29, 1.82) is 0 Å². The molecule has 1 unspecified atom stereocenters. The van der Waals surface area contributed by atoms with Gasteiger partial charge in [0.05, 0.1) is 0 Å². The van der Waals surface area contributed by atoms with Gasteiger partial charge in [-0.25, -0.2) is 0 Å². The topological polar surface area (TPSA) is 78.9 Å². The summed E-state index contributed by atoms with van der Waals surface area (Å²) in [4.78, 5) is 37.3. The number of hydrogen-bond donors (Lipinski definition) is 0. The molecule has 0 amide bonds. The Bertz CT molecular complexity index is 706. The summed E-state index contributed by atoms with van der Waals surface area (Å²) in [5, 5.41) is 0. The zero-order valence-electron chi connectivity index (χ0n) is 31.2. The predicted octanol–water partition coefficient (Wildman–Crippen LogP) is 11.8. The van der Waals surface area contributed by atoms with Gasteiger partial charge in [0.15, 0.2) is 6.10 Å². The van der Waals surface area contributed by atoms with E-state index in [4.69, 9.17) is 14.2 Å². The smallest absolute Gasteiger partial charge is 0.306 e. The number of hydrogen-bond acceptors (Lipinski definition) is 6. The van der Waals surface area contributed by atoms with Gasteiger partial charge in [0, 0.05) is 19.3 Å². The van der Waals surface area contributed by atoms with Crippen molar-refractivity contribution in [2.24, 2.45) is 11.8 Å². The SMILES string of the molecule is CCCCCCCCCC(=O)O[C@@H](COC(=O)CCCCCCCCCCC(C)C)COC(=O)CCCCCCCCC(C)CC. The maximum Gasteiger partial charge on any atom is 0.306 e. The molecule has 2 atom stereocenters. The third-order valence-corrected chi connectivity index (χ3v) is 9.08. The summed E-state index contributed by atoms with van der Waals surface area (Å²) in [6, 6.07) is 0. The van der Waals surface area contributed by atoms with Crippen LogP contribution in [-0.4, -0.2) is 37.2 Å². The normalized spacial score (nSPS) is 12.7. The van der Waals surface area contributed by atoms with Crippen LogP contribution in [0.15, 0.2) is 0 Å². The Hall–Kier alpha value is -1.59. The van der Waals surface area contributed by atoms with E-state index in [0.717, 1.165) is 69.6 Å². The van der Waals surface area contributed by atoms with Gasteiger partial charge in [-0.2, -0.15) is 0 Å². The van der Waals surface area contributed by atoms with E-state index in [2.05, 4.69) is 34.6 Å². The minimum Gasteiger partial charge on any atom is -0.462 e. The second-order valence-electron chi connectivity index (χ2n) is 14.3. The maximum atomic E-state index is 12.5. The molecule has 0 heterocycles. The minimum atomic E-state index is -0.758. The summed E-state index contributed by atoms with van der Waals surface area (Å²) in [5.74, 6) is 0.734. The predicted molar refractivity (Wildman–Crippen MR) is 192 cm³/mol. The molecule has 0 saturated carbocycles. The third kappa shape index (κ3) is 32.4. The fraction of sp³-hybridized carbons (Fsp3) is 0.925.